The number of imidazole rings is 6. The standard InChI is InChI=1S/6C8H15N2.6FHO3S/c6*1-3-4-5-10-7-6-9(2)8-10;6*1-5(2,3)4/h6*6-8H,3-5H2,1-2H3;6*(H,2,3,4)/q6*+1;;;;;;/p-6. The van der Waals surface area contributed by atoms with Gasteiger partial charge >= 0.3 is 0 Å². The van der Waals surface area contributed by atoms with Gasteiger partial charge in [0.25, 0.3) is 63.0 Å². The summed E-state index contributed by atoms with van der Waals surface area (Å²) in [4.78, 5) is 0. The van der Waals surface area contributed by atoms with E-state index in [1.165, 1.54) is 77.0 Å². The van der Waals surface area contributed by atoms with Crippen LogP contribution in [-0.4, -0.2) is 105 Å². The van der Waals surface area contributed by atoms with Crippen molar-refractivity contribution in [3.8, 4) is 0 Å². The largest absolute Gasteiger partial charge is 0.722 e. The molecule has 0 spiro atoms. The van der Waals surface area contributed by atoms with Crippen molar-refractivity contribution < 1.29 is 129 Å². The molecule has 0 saturated heterocycles. The van der Waals surface area contributed by atoms with E-state index in [1.54, 1.807) is 0 Å². The Morgan fingerprint density at radius 2 is 0.344 bits per heavy atom. The van der Waals surface area contributed by atoms with E-state index in [1.807, 2.05) is 42.3 Å². The van der Waals surface area contributed by atoms with Crippen molar-refractivity contribution in [2.45, 2.75) is 158 Å². The average Bonchev–Trinajstić information content (AvgIpc) is 4.44. The Morgan fingerprint density at radius 1 is 0.256 bits per heavy atom. The normalized spacial score (nSPS) is 10.7. The van der Waals surface area contributed by atoms with Crippen molar-refractivity contribution >= 4 is 63.0 Å². The molecule has 6 aromatic heterocycles. The third-order valence-electron chi connectivity index (χ3n) is 9.56. The lowest BCUT2D eigenvalue weighted by Crippen LogP contribution is -2.23. The van der Waals surface area contributed by atoms with Crippen molar-refractivity contribution in [3.05, 3.63) is 112 Å². The Balaban J connectivity index is -0.000000217. The molecule has 0 fully saturated rings. The van der Waals surface area contributed by atoms with Gasteiger partial charge in [-0.25, -0.2) is 105 Å². The van der Waals surface area contributed by atoms with Gasteiger partial charge in [-0.3, -0.25) is 0 Å². The van der Waals surface area contributed by atoms with Crippen LogP contribution >= 0.6 is 0 Å². The minimum Gasteiger partial charge on any atom is -0.722 e. The van der Waals surface area contributed by atoms with Gasteiger partial charge in [-0.15, -0.1) is 23.3 Å². The number of aryl methyl sites for hydroxylation is 12. The van der Waals surface area contributed by atoms with Crippen LogP contribution in [0.25, 0.3) is 0 Å². The van der Waals surface area contributed by atoms with Gasteiger partial charge in [0.1, 0.15) is 74.4 Å². The third-order valence-corrected chi connectivity index (χ3v) is 9.56. The smallest absolute Gasteiger partial charge is 0.255 e. The van der Waals surface area contributed by atoms with Crippen LogP contribution in [0.3, 0.4) is 0 Å². The van der Waals surface area contributed by atoms with E-state index in [4.69, 9.17) is 77.8 Å². The molecule has 0 radical (unpaired) electrons. The monoisotopic (exact) mass is 1430 g/mol. The number of hydrogen-bond donors (Lipinski definition) is 0. The summed E-state index contributed by atoms with van der Waals surface area (Å²) in [6.07, 6.45) is 52.9. The van der Waals surface area contributed by atoms with Crippen LogP contribution < -0.4 is 27.4 Å². The average molecular weight is 1430 g/mol. The van der Waals surface area contributed by atoms with E-state index < -0.39 is 63.0 Å². The third kappa shape index (κ3) is 104. The van der Waals surface area contributed by atoms with Gasteiger partial charge < -0.3 is 27.3 Å². The predicted octanol–water partition coefficient (Wildman–Crippen LogP) is 3.17. The van der Waals surface area contributed by atoms with Gasteiger partial charge in [-0.2, -0.15) is 0 Å². The summed E-state index contributed by atoms with van der Waals surface area (Å²) >= 11 is 0. The van der Waals surface area contributed by atoms with Gasteiger partial charge in [0.2, 0.25) is 38.0 Å². The lowest BCUT2D eigenvalue weighted by Gasteiger charge is -1.90. The van der Waals surface area contributed by atoms with Gasteiger partial charge in [-0.05, 0) is 38.5 Å². The summed E-state index contributed by atoms with van der Waals surface area (Å²) in [6.45, 7) is 20.2. The van der Waals surface area contributed by atoms with Crippen LogP contribution in [0.1, 0.15) is 119 Å². The van der Waals surface area contributed by atoms with Gasteiger partial charge in [0, 0.05) is 0 Å². The lowest BCUT2D eigenvalue weighted by molar-refractivity contribution is -0.671. The molecule has 0 bridgehead atoms. The Hall–Kier alpha value is -5.70. The first-order valence-electron chi connectivity index (χ1n) is 26.9. The van der Waals surface area contributed by atoms with Crippen LogP contribution in [0.4, 0.5) is 23.3 Å². The second-order valence-corrected chi connectivity index (χ2v) is 23.1. The maximum atomic E-state index is 10.1. The fourth-order valence-corrected chi connectivity index (χ4v) is 5.85. The van der Waals surface area contributed by atoms with E-state index in [2.05, 4.69) is 209 Å². The number of halogens is 6. The Labute approximate surface area is 528 Å². The summed E-state index contributed by atoms with van der Waals surface area (Å²) in [5, 5.41) is 0. The maximum absolute atomic E-state index is 10.1. The number of hydrogen-bond acceptors (Lipinski definition) is 18. The van der Waals surface area contributed by atoms with Gasteiger partial charge in [-0.1, -0.05) is 80.1 Å². The molecule has 6 heterocycles. The Morgan fingerprint density at radius 3 is 0.400 bits per heavy atom. The van der Waals surface area contributed by atoms with E-state index in [9.17, 15) is 23.3 Å². The molecule has 0 aliphatic rings. The molecule has 30 nitrogen and oxygen atoms in total. The molecule has 0 unspecified atom stereocenters. The molecule has 6 rings (SSSR count). The number of unbranched alkanes of at least 4 members (excludes halogenated alkanes) is 6. The molecule has 0 amide bonds. The molecule has 528 valence electrons. The summed E-state index contributed by atoms with van der Waals surface area (Å²) in [5.41, 5.74) is 0. The van der Waals surface area contributed by atoms with Crippen molar-refractivity contribution in [2.24, 2.45) is 42.3 Å². The Kier molecular flexibility index (Phi) is 57.2. The fourth-order valence-electron chi connectivity index (χ4n) is 5.85. The fraction of sp³-hybridized carbons (Fsp3) is 0.625. The van der Waals surface area contributed by atoms with Gasteiger partial charge in [0.15, 0.2) is 0 Å². The highest BCUT2D eigenvalue weighted by molar-refractivity contribution is 7.81. The number of rotatable bonds is 18. The van der Waals surface area contributed by atoms with Crippen LogP contribution in [0.15, 0.2) is 112 Å². The molecule has 0 aliphatic heterocycles. The molecule has 0 aromatic carbocycles. The number of aromatic nitrogens is 12. The summed E-state index contributed by atoms with van der Waals surface area (Å²) in [6, 6.07) is 0. The topological polar surface area (TPSA) is 396 Å². The van der Waals surface area contributed by atoms with E-state index in [0.717, 1.165) is 39.3 Å². The van der Waals surface area contributed by atoms with E-state index in [-0.39, 0.29) is 0 Å². The molecular weight excluding hydrogens is 1340 g/mol. The Bertz CT molecular complexity index is 2780. The zero-order valence-electron chi connectivity index (χ0n) is 52.6. The molecule has 0 atom stereocenters. The zero-order valence-corrected chi connectivity index (χ0v) is 57.5. The molecule has 6 aromatic rings. The molecule has 0 aliphatic carbocycles. The van der Waals surface area contributed by atoms with Crippen LogP contribution in [0.2, 0.25) is 0 Å². The summed E-state index contributed by atoms with van der Waals surface area (Å²) < 4.78 is 238. The highest BCUT2D eigenvalue weighted by atomic mass is 32.3. The molecule has 90 heavy (non-hydrogen) atoms. The maximum Gasteiger partial charge on any atom is 0.255 e. The van der Waals surface area contributed by atoms with Crippen molar-refractivity contribution in [2.75, 3.05) is 0 Å². The quantitative estimate of drug-likeness (QED) is 0.0516. The van der Waals surface area contributed by atoms with Crippen molar-refractivity contribution in [3.63, 3.8) is 0 Å². The summed E-state index contributed by atoms with van der Waals surface area (Å²) in [7, 11) is -20.2. The second-order valence-electron chi connectivity index (χ2n) is 18.4. The number of nitrogens with zero attached hydrogens (tertiary/aromatic N) is 12. The predicted molar refractivity (Wildman–Crippen MR) is 308 cm³/mol. The van der Waals surface area contributed by atoms with Crippen LogP contribution in [-0.2, 0) is 145 Å². The van der Waals surface area contributed by atoms with E-state index in [0.29, 0.717) is 0 Å². The zero-order chi connectivity index (χ0) is 71.4. The first-order valence-corrected chi connectivity index (χ1v) is 34.8. The SMILES string of the molecule is CCCCn1cc[n+](C)c1.CCCCn1cc[n+](C)c1.CCCCn1cc[n+](C)c1.CCCCn1cc[n+](C)c1.CCCCn1cc[n+](C)c1.CCCCn1cc[n+](C)c1.O=S(=O)([O-])F.O=S(=O)([O-])F.O=S(=O)([O-])F.O=S(=O)([O-])F.O=S(=O)([O-])F.O=S(=O)([O-])F. The highest BCUT2D eigenvalue weighted by Crippen LogP contribution is 1.96. The van der Waals surface area contributed by atoms with Crippen LogP contribution in [0, 0.1) is 0 Å². The molecule has 0 N–H and O–H groups in total. The van der Waals surface area contributed by atoms with E-state index >= 15 is 0 Å². The van der Waals surface area contributed by atoms with Gasteiger partial charge in [0.05, 0.1) is 81.6 Å². The minimum absolute atomic E-state index is 1.15. The first kappa shape index (κ1) is 95.4. The van der Waals surface area contributed by atoms with Crippen LogP contribution in [0.5, 0.6) is 0 Å². The lowest BCUT2D eigenvalue weighted by atomic mass is 10.3. The first-order chi connectivity index (χ1) is 41.0. The molecule has 0 saturated carbocycles. The second kappa shape index (κ2) is 53.9. The molecule has 42 heteroatoms. The summed E-state index contributed by atoms with van der Waals surface area (Å²) in [5.74, 6) is 0. The van der Waals surface area contributed by atoms with Crippen molar-refractivity contribution in [1.82, 2.24) is 27.4 Å². The molecular formula is C48H90F6N12O18S6. The minimum atomic E-state index is -5.42. The van der Waals surface area contributed by atoms with Crippen molar-refractivity contribution in [1.29, 1.82) is 0 Å². The highest BCUT2D eigenvalue weighted by Gasteiger charge is 2.01.